The number of rotatable bonds is 5. The van der Waals surface area contributed by atoms with Crippen molar-refractivity contribution in [3.05, 3.63) is 74.8 Å². The Hall–Kier alpha value is -2.93. The van der Waals surface area contributed by atoms with E-state index in [1.807, 2.05) is 0 Å². The molecule has 2 aromatic carbocycles. The van der Waals surface area contributed by atoms with Crippen molar-refractivity contribution < 1.29 is 19.2 Å². The minimum Gasteiger partial charge on any atom is -0.443 e. The van der Waals surface area contributed by atoms with Crippen LogP contribution in [0.25, 0.3) is 0 Å². The van der Waals surface area contributed by atoms with Gasteiger partial charge < -0.3 is 9.64 Å². The smallest absolute Gasteiger partial charge is 0.346 e. The summed E-state index contributed by atoms with van der Waals surface area (Å²) in [6, 6.07) is 12.0. The molecule has 0 N–H and O–H groups in total. The standard InChI is InChI=1S/C17H15ClN2O5/c1-19(2)16(21)15(11-6-4-3-5-7-11)25-17(22)13-9-8-12(18)10-14(13)20(23)24/h3-10,15H,1-2H3. The van der Waals surface area contributed by atoms with Crippen LogP contribution in [0.4, 0.5) is 5.69 Å². The molecule has 0 aliphatic heterocycles. The third-order valence-corrected chi connectivity index (χ3v) is 3.60. The van der Waals surface area contributed by atoms with Crippen molar-refractivity contribution in [1.82, 2.24) is 4.90 Å². The highest BCUT2D eigenvalue weighted by atomic mass is 35.5. The Labute approximate surface area is 148 Å². The maximum atomic E-state index is 12.5. The quantitative estimate of drug-likeness (QED) is 0.462. The summed E-state index contributed by atoms with van der Waals surface area (Å²) in [5, 5.41) is 11.3. The first-order valence-electron chi connectivity index (χ1n) is 7.22. The van der Waals surface area contributed by atoms with Crippen LogP contribution in [0, 0.1) is 10.1 Å². The number of carbonyl (C=O) groups is 2. The zero-order valence-corrected chi connectivity index (χ0v) is 14.3. The Kier molecular flexibility index (Phi) is 5.71. The number of likely N-dealkylation sites (N-methyl/N-ethyl adjacent to an activating group) is 1. The van der Waals surface area contributed by atoms with Crippen molar-refractivity contribution in [3.63, 3.8) is 0 Å². The second-order valence-electron chi connectivity index (χ2n) is 5.35. The summed E-state index contributed by atoms with van der Waals surface area (Å²) in [5.41, 5.74) is -0.297. The van der Waals surface area contributed by atoms with Crippen molar-refractivity contribution >= 4 is 29.2 Å². The van der Waals surface area contributed by atoms with E-state index in [0.717, 1.165) is 6.07 Å². The number of esters is 1. The van der Waals surface area contributed by atoms with Crippen molar-refractivity contribution in [2.45, 2.75) is 6.10 Å². The van der Waals surface area contributed by atoms with E-state index in [4.69, 9.17) is 16.3 Å². The summed E-state index contributed by atoms with van der Waals surface area (Å²) in [6.45, 7) is 0. The molecular formula is C17H15ClN2O5. The van der Waals surface area contributed by atoms with Gasteiger partial charge >= 0.3 is 5.97 Å². The minimum atomic E-state index is -1.21. The number of nitro groups is 1. The van der Waals surface area contributed by atoms with Crippen molar-refractivity contribution in [2.75, 3.05) is 14.1 Å². The van der Waals surface area contributed by atoms with E-state index < -0.39 is 28.6 Å². The van der Waals surface area contributed by atoms with Gasteiger partial charge in [0.05, 0.1) is 4.92 Å². The molecule has 1 amide bonds. The van der Waals surface area contributed by atoms with Crippen molar-refractivity contribution in [1.29, 1.82) is 0 Å². The lowest BCUT2D eigenvalue weighted by molar-refractivity contribution is -0.385. The first-order valence-corrected chi connectivity index (χ1v) is 7.60. The third-order valence-electron chi connectivity index (χ3n) is 3.37. The molecule has 8 heteroatoms. The van der Waals surface area contributed by atoms with Gasteiger partial charge in [-0.1, -0.05) is 41.9 Å². The Morgan fingerprint density at radius 1 is 1.16 bits per heavy atom. The maximum Gasteiger partial charge on any atom is 0.346 e. The molecule has 0 radical (unpaired) electrons. The van der Waals surface area contributed by atoms with E-state index in [-0.39, 0.29) is 10.6 Å². The van der Waals surface area contributed by atoms with Crippen LogP contribution < -0.4 is 0 Å². The van der Waals surface area contributed by atoms with E-state index in [0.29, 0.717) is 5.56 Å². The number of nitrogens with zero attached hydrogens (tertiary/aromatic N) is 2. The Bertz CT molecular complexity index is 808. The molecule has 0 heterocycles. The number of nitro benzene ring substituents is 1. The lowest BCUT2D eigenvalue weighted by atomic mass is 10.1. The van der Waals surface area contributed by atoms with Gasteiger partial charge in [0.1, 0.15) is 5.56 Å². The van der Waals surface area contributed by atoms with E-state index >= 15 is 0 Å². The van der Waals surface area contributed by atoms with E-state index in [9.17, 15) is 19.7 Å². The Morgan fingerprint density at radius 3 is 2.36 bits per heavy atom. The maximum absolute atomic E-state index is 12.5. The summed E-state index contributed by atoms with van der Waals surface area (Å²) < 4.78 is 5.30. The number of ether oxygens (including phenoxy) is 1. The van der Waals surface area contributed by atoms with Crippen molar-refractivity contribution in [3.8, 4) is 0 Å². The molecular weight excluding hydrogens is 348 g/mol. The van der Waals surface area contributed by atoms with Gasteiger partial charge in [0.15, 0.2) is 0 Å². The number of halogens is 1. The van der Waals surface area contributed by atoms with Gasteiger partial charge in [-0.25, -0.2) is 4.79 Å². The van der Waals surface area contributed by atoms with Crippen LogP contribution in [0.3, 0.4) is 0 Å². The van der Waals surface area contributed by atoms with Gasteiger partial charge in [-0.3, -0.25) is 14.9 Å². The largest absolute Gasteiger partial charge is 0.443 e. The molecule has 0 saturated heterocycles. The highest BCUT2D eigenvalue weighted by Crippen LogP contribution is 2.27. The molecule has 0 spiro atoms. The molecule has 0 fully saturated rings. The second-order valence-corrected chi connectivity index (χ2v) is 5.78. The number of hydrogen-bond acceptors (Lipinski definition) is 5. The summed E-state index contributed by atoms with van der Waals surface area (Å²) in [4.78, 5) is 36.5. The Morgan fingerprint density at radius 2 is 1.80 bits per heavy atom. The van der Waals surface area contributed by atoms with Gasteiger partial charge in [-0.05, 0) is 12.1 Å². The number of hydrogen-bond donors (Lipinski definition) is 0. The lowest BCUT2D eigenvalue weighted by Gasteiger charge is -2.21. The van der Waals surface area contributed by atoms with Gasteiger partial charge in [-0.2, -0.15) is 0 Å². The molecule has 0 aliphatic carbocycles. The summed E-state index contributed by atoms with van der Waals surface area (Å²) in [5.74, 6) is -1.44. The zero-order valence-electron chi connectivity index (χ0n) is 13.5. The van der Waals surface area contributed by atoms with Crippen LogP contribution >= 0.6 is 11.6 Å². The average Bonchev–Trinajstić information content (AvgIpc) is 2.59. The molecule has 1 atom stereocenters. The van der Waals surface area contributed by atoms with Gasteiger partial charge in [0.2, 0.25) is 6.10 Å². The minimum absolute atomic E-state index is 0.118. The first kappa shape index (κ1) is 18.4. The van der Waals surface area contributed by atoms with Gasteiger partial charge in [0, 0.05) is 30.7 Å². The van der Waals surface area contributed by atoms with Crippen LogP contribution in [-0.4, -0.2) is 35.8 Å². The van der Waals surface area contributed by atoms with Gasteiger partial charge in [0.25, 0.3) is 11.6 Å². The number of benzene rings is 2. The SMILES string of the molecule is CN(C)C(=O)C(OC(=O)c1ccc(Cl)cc1[N+](=O)[O-])c1ccccc1. The fourth-order valence-electron chi connectivity index (χ4n) is 2.12. The Balaban J connectivity index is 2.38. The molecule has 0 saturated carbocycles. The van der Waals surface area contributed by atoms with Crippen LogP contribution in [0.2, 0.25) is 5.02 Å². The first-order chi connectivity index (χ1) is 11.8. The number of carbonyl (C=O) groups excluding carboxylic acids is 2. The topological polar surface area (TPSA) is 89.8 Å². The second kappa shape index (κ2) is 7.76. The highest BCUT2D eigenvalue weighted by Gasteiger charge is 2.30. The predicted octanol–water partition coefficient (Wildman–Crippen LogP) is 3.23. The fraction of sp³-hybridized carbons (Fsp3) is 0.176. The van der Waals surface area contributed by atoms with Crippen molar-refractivity contribution in [2.24, 2.45) is 0 Å². The summed E-state index contributed by atoms with van der Waals surface area (Å²) >= 11 is 5.74. The average molecular weight is 363 g/mol. The van der Waals surface area contributed by atoms with E-state index in [1.54, 1.807) is 30.3 Å². The molecule has 1 unspecified atom stereocenters. The lowest BCUT2D eigenvalue weighted by Crippen LogP contribution is -2.31. The highest BCUT2D eigenvalue weighted by molar-refractivity contribution is 6.31. The normalized spacial score (nSPS) is 11.5. The molecule has 0 aliphatic rings. The monoisotopic (exact) mass is 362 g/mol. The number of amides is 1. The molecule has 7 nitrogen and oxygen atoms in total. The molecule has 2 rings (SSSR count). The predicted molar refractivity (Wildman–Crippen MR) is 91.4 cm³/mol. The van der Waals surface area contributed by atoms with Crippen LogP contribution in [-0.2, 0) is 9.53 Å². The van der Waals surface area contributed by atoms with E-state index in [1.165, 1.54) is 31.1 Å². The third kappa shape index (κ3) is 4.33. The van der Waals surface area contributed by atoms with E-state index in [2.05, 4.69) is 0 Å². The van der Waals surface area contributed by atoms with Gasteiger partial charge in [-0.15, -0.1) is 0 Å². The summed E-state index contributed by atoms with van der Waals surface area (Å²) in [7, 11) is 3.05. The van der Waals surface area contributed by atoms with Crippen LogP contribution in [0.15, 0.2) is 48.5 Å². The summed E-state index contributed by atoms with van der Waals surface area (Å²) in [6.07, 6.45) is -1.21. The molecule has 0 aromatic heterocycles. The zero-order chi connectivity index (χ0) is 18.6. The molecule has 130 valence electrons. The van der Waals surface area contributed by atoms with Crippen LogP contribution in [0.1, 0.15) is 22.0 Å². The molecule has 2 aromatic rings. The molecule has 25 heavy (non-hydrogen) atoms. The fourth-order valence-corrected chi connectivity index (χ4v) is 2.29. The van der Waals surface area contributed by atoms with Crippen LogP contribution in [0.5, 0.6) is 0 Å². The molecule has 0 bridgehead atoms.